The summed E-state index contributed by atoms with van der Waals surface area (Å²) < 4.78 is 0. The first-order valence-corrected chi connectivity index (χ1v) is 4.04. The summed E-state index contributed by atoms with van der Waals surface area (Å²) in [7, 11) is 0. The van der Waals surface area contributed by atoms with Crippen molar-refractivity contribution >= 4 is 0 Å². The van der Waals surface area contributed by atoms with Gasteiger partial charge in [-0.2, -0.15) is 0 Å². The van der Waals surface area contributed by atoms with Crippen LogP contribution < -0.4 is 5.73 Å². The normalized spacial score (nSPS) is 56.7. The van der Waals surface area contributed by atoms with Gasteiger partial charge in [0.2, 0.25) is 0 Å². The van der Waals surface area contributed by atoms with Crippen LogP contribution in [-0.2, 0) is 0 Å². The fourth-order valence-electron chi connectivity index (χ4n) is 2.74. The van der Waals surface area contributed by atoms with Crippen LogP contribution >= 0.6 is 0 Å². The summed E-state index contributed by atoms with van der Waals surface area (Å²) in [4.78, 5) is 0. The highest BCUT2D eigenvalue weighted by molar-refractivity contribution is 4.96. The molecule has 4 atom stereocenters. The molecule has 1 heteroatoms. The van der Waals surface area contributed by atoms with Crippen molar-refractivity contribution in [1.82, 2.24) is 0 Å². The van der Waals surface area contributed by atoms with E-state index >= 15 is 0 Å². The maximum absolute atomic E-state index is 5.91. The minimum atomic E-state index is 0.554. The predicted molar refractivity (Wildman–Crippen MR) is 38.0 cm³/mol. The zero-order chi connectivity index (χ0) is 6.43. The van der Waals surface area contributed by atoms with E-state index in [1.165, 1.54) is 19.3 Å². The van der Waals surface area contributed by atoms with Crippen LogP contribution in [0, 0.1) is 17.8 Å². The first kappa shape index (κ1) is 5.72. The van der Waals surface area contributed by atoms with Gasteiger partial charge in [-0.15, -0.1) is 0 Å². The first-order chi connectivity index (χ1) is 4.29. The summed E-state index contributed by atoms with van der Waals surface area (Å²) in [6.07, 6.45) is 4.18. The van der Waals surface area contributed by atoms with Crippen molar-refractivity contribution in [2.24, 2.45) is 23.5 Å². The van der Waals surface area contributed by atoms with Crippen LogP contribution in [0.1, 0.15) is 26.2 Å². The van der Waals surface area contributed by atoms with E-state index < -0.39 is 0 Å². The SMILES string of the molecule is C[C@H]1C2CCC1C(N)C2. The Morgan fingerprint density at radius 1 is 1.33 bits per heavy atom. The fourth-order valence-corrected chi connectivity index (χ4v) is 2.74. The average Bonchev–Trinajstić information content (AvgIpc) is 2.25. The van der Waals surface area contributed by atoms with E-state index in [2.05, 4.69) is 6.92 Å². The smallest absolute Gasteiger partial charge is 0.00725 e. The summed E-state index contributed by atoms with van der Waals surface area (Å²) in [5.74, 6) is 2.82. The van der Waals surface area contributed by atoms with Crippen molar-refractivity contribution in [3.63, 3.8) is 0 Å². The van der Waals surface area contributed by atoms with Gasteiger partial charge in [-0.25, -0.2) is 0 Å². The summed E-state index contributed by atoms with van der Waals surface area (Å²) in [5.41, 5.74) is 5.91. The molecule has 52 valence electrons. The van der Waals surface area contributed by atoms with Gasteiger partial charge in [-0.05, 0) is 37.0 Å². The fraction of sp³-hybridized carbons (Fsp3) is 1.00. The van der Waals surface area contributed by atoms with Crippen molar-refractivity contribution in [2.45, 2.75) is 32.2 Å². The lowest BCUT2D eigenvalue weighted by Crippen LogP contribution is -2.27. The average molecular weight is 125 g/mol. The molecule has 0 heterocycles. The largest absolute Gasteiger partial charge is 0.327 e. The van der Waals surface area contributed by atoms with Gasteiger partial charge >= 0.3 is 0 Å². The van der Waals surface area contributed by atoms with Gasteiger partial charge < -0.3 is 5.73 Å². The molecule has 3 unspecified atom stereocenters. The Kier molecular flexibility index (Phi) is 1.10. The number of fused-ring (bicyclic) bond motifs is 2. The molecule has 0 amide bonds. The van der Waals surface area contributed by atoms with Crippen molar-refractivity contribution in [2.75, 3.05) is 0 Å². The Morgan fingerprint density at radius 2 is 2.11 bits per heavy atom. The van der Waals surface area contributed by atoms with Gasteiger partial charge in [0.15, 0.2) is 0 Å². The molecule has 0 radical (unpaired) electrons. The van der Waals surface area contributed by atoms with Crippen LogP contribution in [-0.4, -0.2) is 6.04 Å². The molecule has 2 aliphatic rings. The minimum absolute atomic E-state index is 0.554. The first-order valence-electron chi connectivity index (χ1n) is 4.04. The highest BCUT2D eigenvalue weighted by Crippen LogP contribution is 2.48. The Hall–Kier alpha value is -0.0400. The monoisotopic (exact) mass is 125 g/mol. The van der Waals surface area contributed by atoms with E-state index in [4.69, 9.17) is 5.73 Å². The van der Waals surface area contributed by atoms with Crippen molar-refractivity contribution in [1.29, 1.82) is 0 Å². The summed E-state index contributed by atoms with van der Waals surface area (Å²) in [6, 6.07) is 0.554. The van der Waals surface area contributed by atoms with E-state index in [-0.39, 0.29) is 0 Å². The molecule has 2 N–H and O–H groups in total. The zero-order valence-electron chi connectivity index (χ0n) is 6.01. The lowest BCUT2D eigenvalue weighted by molar-refractivity contribution is 0.407. The van der Waals surface area contributed by atoms with Gasteiger partial charge in [0.05, 0.1) is 0 Å². The third-order valence-electron chi connectivity index (χ3n) is 3.41. The van der Waals surface area contributed by atoms with E-state index in [0.717, 1.165) is 17.8 Å². The highest BCUT2D eigenvalue weighted by Gasteiger charge is 2.43. The third-order valence-corrected chi connectivity index (χ3v) is 3.41. The van der Waals surface area contributed by atoms with Gasteiger partial charge in [0, 0.05) is 6.04 Å². The van der Waals surface area contributed by atoms with Crippen LogP contribution in [0.25, 0.3) is 0 Å². The van der Waals surface area contributed by atoms with Gasteiger partial charge in [-0.3, -0.25) is 0 Å². The Labute approximate surface area is 56.6 Å². The van der Waals surface area contributed by atoms with Crippen LogP contribution in [0.5, 0.6) is 0 Å². The third kappa shape index (κ3) is 0.644. The standard InChI is InChI=1S/C8H15N/c1-5-6-2-3-7(5)8(9)4-6/h5-8H,2-4,9H2,1H3/t5-,6?,7?,8?/m0/s1. The molecule has 0 saturated heterocycles. The number of nitrogens with two attached hydrogens (primary N) is 1. The molecular weight excluding hydrogens is 110 g/mol. The second-order valence-electron chi connectivity index (χ2n) is 3.76. The van der Waals surface area contributed by atoms with Gasteiger partial charge in [0.25, 0.3) is 0 Å². The highest BCUT2D eigenvalue weighted by atomic mass is 14.7. The second kappa shape index (κ2) is 1.72. The van der Waals surface area contributed by atoms with E-state index in [9.17, 15) is 0 Å². The molecule has 0 spiro atoms. The predicted octanol–water partition coefficient (Wildman–Crippen LogP) is 1.38. The maximum Gasteiger partial charge on any atom is 0.00725 e. The molecule has 0 aromatic rings. The molecule has 0 aromatic carbocycles. The number of hydrogen-bond donors (Lipinski definition) is 1. The van der Waals surface area contributed by atoms with Crippen molar-refractivity contribution < 1.29 is 0 Å². The molecule has 0 aliphatic heterocycles. The van der Waals surface area contributed by atoms with Crippen LogP contribution in [0.3, 0.4) is 0 Å². The zero-order valence-corrected chi connectivity index (χ0v) is 6.01. The van der Waals surface area contributed by atoms with Crippen molar-refractivity contribution in [3.05, 3.63) is 0 Å². The molecule has 2 aliphatic carbocycles. The van der Waals surface area contributed by atoms with E-state index in [1.807, 2.05) is 0 Å². The summed E-state index contributed by atoms with van der Waals surface area (Å²) >= 11 is 0. The van der Waals surface area contributed by atoms with Crippen LogP contribution in [0.15, 0.2) is 0 Å². The Balaban J connectivity index is 2.16. The molecule has 2 saturated carbocycles. The molecule has 0 aromatic heterocycles. The van der Waals surface area contributed by atoms with Gasteiger partial charge in [-0.1, -0.05) is 6.92 Å². The summed E-state index contributed by atoms with van der Waals surface area (Å²) in [6.45, 7) is 2.37. The van der Waals surface area contributed by atoms with Gasteiger partial charge in [0.1, 0.15) is 0 Å². The molecule has 2 rings (SSSR count). The molecule has 2 bridgehead atoms. The Morgan fingerprint density at radius 3 is 2.33 bits per heavy atom. The van der Waals surface area contributed by atoms with Crippen LogP contribution in [0.4, 0.5) is 0 Å². The molecule has 9 heavy (non-hydrogen) atoms. The number of rotatable bonds is 0. The van der Waals surface area contributed by atoms with E-state index in [0.29, 0.717) is 6.04 Å². The molecule has 2 fully saturated rings. The maximum atomic E-state index is 5.91. The van der Waals surface area contributed by atoms with Crippen LogP contribution in [0.2, 0.25) is 0 Å². The molecule has 1 nitrogen and oxygen atoms in total. The van der Waals surface area contributed by atoms with E-state index in [1.54, 1.807) is 0 Å². The minimum Gasteiger partial charge on any atom is -0.327 e. The lowest BCUT2D eigenvalue weighted by atomic mass is 9.96. The lowest BCUT2D eigenvalue weighted by Gasteiger charge is -2.15. The Bertz CT molecular complexity index is 122. The molecular formula is C8H15N. The van der Waals surface area contributed by atoms with Crippen molar-refractivity contribution in [3.8, 4) is 0 Å². The number of hydrogen-bond acceptors (Lipinski definition) is 1. The summed E-state index contributed by atoms with van der Waals surface area (Å²) in [5, 5.41) is 0. The second-order valence-corrected chi connectivity index (χ2v) is 3.76. The topological polar surface area (TPSA) is 26.0 Å². The quantitative estimate of drug-likeness (QED) is 0.520.